The number of pyridine rings is 1. The molecule has 1 heterocycles. The first-order valence-corrected chi connectivity index (χ1v) is 10.2. The molecule has 1 aromatic heterocycles. The third-order valence-corrected chi connectivity index (χ3v) is 5.87. The van der Waals surface area contributed by atoms with Crippen LogP contribution in [0.3, 0.4) is 0 Å². The molecule has 0 saturated heterocycles. The number of methoxy groups -OCH3 is 1. The Balaban J connectivity index is 1.75. The lowest BCUT2D eigenvalue weighted by molar-refractivity contribution is -0.119. The Morgan fingerprint density at radius 2 is 1.63 bits per heavy atom. The summed E-state index contributed by atoms with van der Waals surface area (Å²) in [5.74, 6) is -0.941. The zero-order valence-electron chi connectivity index (χ0n) is 16.8. The lowest BCUT2D eigenvalue weighted by Gasteiger charge is -2.24. The van der Waals surface area contributed by atoms with E-state index in [1.807, 2.05) is 30.3 Å². The van der Waals surface area contributed by atoms with Crippen molar-refractivity contribution >= 4 is 22.6 Å². The van der Waals surface area contributed by atoms with Gasteiger partial charge in [-0.1, -0.05) is 61.4 Å². The summed E-state index contributed by atoms with van der Waals surface area (Å²) < 4.78 is 5.99. The summed E-state index contributed by atoms with van der Waals surface area (Å²) in [5.41, 5.74) is 3.53. The minimum absolute atomic E-state index is 0.226. The Morgan fingerprint density at radius 1 is 1.00 bits per heavy atom. The highest BCUT2D eigenvalue weighted by Crippen LogP contribution is 2.37. The molecule has 1 saturated carbocycles. The molecule has 1 aliphatic rings. The lowest BCUT2D eigenvalue weighted by atomic mass is 9.84. The molecule has 1 aliphatic carbocycles. The van der Waals surface area contributed by atoms with E-state index >= 15 is 0 Å². The van der Waals surface area contributed by atoms with Crippen molar-refractivity contribution in [3.05, 3.63) is 82.3 Å². The van der Waals surface area contributed by atoms with Crippen molar-refractivity contribution in [1.29, 1.82) is 0 Å². The molecule has 2 aromatic carbocycles. The number of carbonyl (C=O) groups excluding carboxylic acids is 2. The van der Waals surface area contributed by atoms with Crippen molar-refractivity contribution < 1.29 is 14.3 Å². The van der Waals surface area contributed by atoms with E-state index in [9.17, 15) is 14.4 Å². The number of fused-ring (bicyclic) bond motifs is 1. The van der Waals surface area contributed by atoms with E-state index in [1.54, 1.807) is 24.3 Å². The van der Waals surface area contributed by atoms with Gasteiger partial charge in [0.15, 0.2) is 0 Å². The molecule has 30 heavy (non-hydrogen) atoms. The van der Waals surface area contributed by atoms with E-state index in [4.69, 9.17) is 4.74 Å². The van der Waals surface area contributed by atoms with Crippen molar-refractivity contribution in [2.24, 2.45) is 5.92 Å². The first-order chi connectivity index (χ1) is 14.6. The molecule has 0 radical (unpaired) electrons. The third-order valence-electron chi connectivity index (χ3n) is 5.87. The van der Waals surface area contributed by atoms with Crippen LogP contribution in [0, 0.1) is 5.92 Å². The number of nitrogens with one attached hydrogen (secondary N) is 1. The number of amides is 1. The van der Waals surface area contributed by atoms with E-state index in [-0.39, 0.29) is 28.9 Å². The molecule has 0 unspecified atom stereocenters. The van der Waals surface area contributed by atoms with Gasteiger partial charge in [0, 0.05) is 17.0 Å². The minimum atomic E-state index is -0.565. The molecular weight excluding hydrogens is 380 g/mol. The van der Waals surface area contributed by atoms with Crippen LogP contribution in [0.2, 0.25) is 0 Å². The zero-order valence-corrected chi connectivity index (χ0v) is 16.8. The molecule has 3 aromatic rings. The molecule has 154 valence electrons. The first-order valence-electron chi connectivity index (χ1n) is 10.2. The highest BCUT2D eigenvalue weighted by Gasteiger charge is 2.32. The SMILES string of the molecule is COC(=O)c1cn(NC(=O)[C@@H](c2ccccc2)C2CCCC2)c(=O)c2ccccc12. The molecule has 1 N–H and O–H groups in total. The number of benzene rings is 2. The number of ether oxygens (including phenoxy) is 1. The van der Waals surface area contributed by atoms with Crippen molar-refractivity contribution in [3.63, 3.8) is 0 Å². The van der Waals surface area contributed by atoms with Crippen molar-refractivity contribution in [3.8, 4) is 0 Å². The van der Waals surface area contributed by atoms with Gasteiger partial charge in [-0.2, -0.15) is 0 Å². The van der Waals surface area contributed by atoms with Crippen LogP contribution in [-0.4, -0.2) is 23.7 Å². The summed E-state index contributed by atoms with van der Waals surface area (Å²) in [6, 6.07) is 16.5. The maximum absolute atomic E-state index is 13.4. The van der Waals surface area contributed by atoms with Crippen LogP contribution < -0.4 is 11.0 Å². The highest BCUT2D eigenvalue weighted by molar-refractivity contribution is 6.04. The Kier molecular flexibility index (Phi) is 5.65. The fourth-order valence-corrected chi connectivity index (χ4v) is 4.42. The number of esters is 1. The molecule has 0 spiro atoms. The van der Waals surface area contributed by atoms with Gasteiger partial charge >= 0.3 is 5.97 Å². The second-order valence-corrected chi connectivity index (χ2v) is 7.66. The van der Waals surface area contributed by atoms with Gasteiger partial charge in [0.25, 0.3) is 5.56 Å². The van der Waals surface area contributed by atoms with Gasteiger partial charge in [-0.25, -0.2) is 9.47 Å². The molecule has 4 rings (SSSR count). The van der Waals surface area contributed by atoms with Crippen molar-refractivity contribution in [1.82, 2.24) is 4.68 Å². The number of rotatable bonds is 5. The highest BCUT2D eigenvalue weighted by atomic mass is 16.5. The predicted molar refractivity (Wildman–Crippen MR) is 115 cm³/mol. The summed E-state index contributed by atoms with van der Waals surface area (Å²) in [4.78, 5) is 38.6. The Hall–Kier alpha value is -3.41. The fourth-order valence-electron chi connectivity index (χ4n) is 4.42. The van der Waals surface area contributed by atoms with Crippen LogP contribution in [0.5, 0.6) is 0 Å². The smallest absolute Gasteiger partial charge is 0.340 e. The molecule has 1 amide bonds. The number of hydrogen-bond acceptors (Lipinski definition) is 4. The van der Waals surface area contributed by atoms with Crippen LogP contribution in [0.4, 0.5) is 0 Å². The average molecular weight is 404 g/mol. The molecule has 0 bridgehead atoms. The summed E-state index contributed by atoms with van der Waals surface area (Å²) in [6.07, 6.45) is 5.51. The molecular formula is C24H24N2O4. The zero-order chi connectivity index (χ0) is 21.1. The van der Waals surface area contributed by atoms with E-state index in [1.165, 1.54) is 13.3 Å². The van der Waals surface area contributed by atoms with Crippen LogP contribution >= 0.6 is 0 Å². The fraction of sp³-hybridized carbons (Fsp3) is 0.292. The Morgan fingerprint density at radius 3 is 2.30 bits per heavy atom. The van der Waals surface area contributed by atoms with Crippen molar-refractivity contribution in [2.75, 3.05) is 12.5 Å². The van der Waals surface area contributed by atoms with E-state index in [2.05, 4.69) is 5.43 Å². The quantitative estimate of drug-likeness (QED) is 0.656. The number of aromatic nitrogens is 1. The van der Waals surface area contributed by atoms with Gasteiger partial charge in [-0.05, 0) is 30.4 Å². The second-order valence-electron chi connectivity index (χ2n) is 7.66. The van der Waals surface area contributed by atoms with E-state index < -0.39 is 5.97 Å². The van der Waals surface area contributed by atoms with Gasteiger partial charge in [0.05, 0.1) is 18.6 Å². The van der Waals surface area contributed by atoms with Crippen LogP contribution in [0.1, 0.15) is 47.5 Å². The summed E-state index contributed by atoms with van der Waals surface area (Å²) >= 11 is 0. The van der Waals surface area contributed by atoms with Crippen LogP contribution in [0.25, 0.3) is 10.8 Å². The maximum atomic E-state index is 13.4. The summed E-state index contributed by atoms with van der Waals surface area (Å²) in [5, 5.41) is 0.841. The number of nitrogens with zero attached hydrogens (tertiary/aromatic N) is 1. The van der Waals surface area contributed by atoms with Gasteiger partial charge < -0.3 is 4.74 Å². The second kappa shape index (κ2) is 8.53. The van der Waals surface area contributed by atoms with Crippen LogP contribution in [-0.2, 0) is 9.53 Å². The van der Waals surface area contributed by atoms with Gasteiger partial charge in [-0.3, -0.25) is 15.0 Å². The van der Waals surface area contributed by atoms with Gasteiger partial charge in [-0.15, -0.1) is 0 Å². The lowest BCUT2D eigenvalue weighted by Crippen LogP contribution is -2.38. The average Bonchev–Trinajstić information content (AvgIpc) is 3.30. The van der Waals surface area contributed by atoms with Gasteiger partial charge in [0.1, 0.15) is 0 Å². The third kappa shape index (κ3) is 3.73. The molecule has 6 heteroatoms. The Labute approximate surface area is 174 Å². The summed E-state index contributed by atoms with van der Waals surface area (Å²) in [7, 11) is 1.29. The van der Waals surface area contributed by atoms with Gasteiger partial charge in [0.2, 0.25) is 5.91 Å². The standard InChI is InChI=1S/C24H24N2O4/c1-30-24(29)20-15-26(23(28)19-14-8-7-13-18(19)20)25-22(27)21(17-11-5-6-12-17)16-9-3-2-4-10-16/h2-4,7-10,13-15,17,21H,5-6,11-12H2,1H3,(H,25,27)/t21-/m0/s1. The molecule has 6 nitrogen and oxygen atoms in total. The normalized spacial score (nSPS) is 15.1. The van der Waals surface area contributed by atoms with E-state index in [0.29, 0.717) is 10.8 Å². The summed E-state index contributed by atoms with van der Waals surface area (Å²) in [6.45, 7) is 0. The topological polar surface area (TPSA) is 77.4 Å². The predicted octanol–water partition coefficient (Wildman–Crippen LogP) is 3.83. The molecule has 0 aliphatic heterocycles. The Bertz CT molecular complexity index is 1130. The maximum Gasteiger partial charge on any atom is 0.340 e. The first kappa shape index (κ1) is 19.9. The van der Waals surface area contributed by atoms with Crippen LogP contribution in [0.15, 0.2) is 65.6 Å². The number of carbonyl (C=O) groups is 2. The molecule has 1 atom stereocenters. The number of hydrogen-bond donors (Lipinski definition) is 1. The monoisotopic (exact) mass is 404 g/mol. The van der Waals surface area contributed by atoms with E-state index in [0.717, 1.165) is 35.9 Å². The minimum Gasteiger partial charge on any atom is -0.465 e. The van der Waals surface area contributed by atoms with Crippen molar-refractivity contribution in [2.45, 2.75) is 31.6 Å². The largest absolute Gasteiger partial charge is 0.465 e. The molecule has 1 fully saturated rings.